The van der Waals surface area contributed by atoms with Crippen molar-refractivity contribution < 1.29 is 4.79 Å². The first-order valence-corrected chi connectivity index (χ1v) is 7.71. The largest absolute Gasteiger partial charge is 0.368 e. The normalized spacial score (nSPS) is 10.4. The Morgan fingerprint density at radius 1 is 1.12 bits per heavy atom. The minimum Gasteiger partial charge on any atom is -0.368 e. The molecule has 0 spiro atoms. The first-order valence-electron chi connectivity index (χ1n) is 7.33. The lowest BCUT2D eigenvalue weighted by molar-refractivity contribution is 0.0951. The molecule has 3 aromatic rings. The van der Waals surface area contributed by atoms with E-state index in [4.69, 9.17) is 17.3 Å². The van der Waals surface area contributed by atoms with Gasteiger partial charge >= 0.3 is 0 Å². The molecule has 120 valence electrons. The van der Waals surface area contributed by atoms with Crippen molar-refractivity contribution >= 4 is 23.5 Å². The summed E-state index contributed by atoms with van der Waals surface area (Å²) in [6.07, 6.45) is 1.60. The van der Waals surface area contributed by atoms with Crippen LogP contribution in [0.5, 0.6) is 0 Å². The Balaban J connectivity index is 1.68. The Labute approximate surface area is 144 Å². The molecule has 0 aliphatic carbocycles. The fourth-order valence-electron chi connectivity index (χ4n) is 2.26. The molecule has 0 radical (unpaired) electrons. The van der Waals surface area contributed by atoms with E-state index in [-0.39, 0.29) is 11.9 Å². The highest BCUT2D eigenvalue weighted by Gasteiger charge is 2.07. The van der Waals surface area contributed by atoms with E-state index in [0.29, 0.717) is 22.8 Å². The second-order valence-corrected chi connectivity index (χ2v) is 5.63. The third-order valence-corrected chi connectivity index (χ3v) is 3.69. The van der Waals surface area contributed by atoms with Crippen LogP contribution in [0.25, 0.3) is 11.3 Å². The molecule has 5 nitrogen and oxygen atoms in total. The molecule has 0 bridgehead atoms. The van der Waals surface area contributed by atoms with Crippen LogP contribution in [0.1, 0.15) is 15.9 Å². The molecule has 0 atom stereocenters. The predicted octanol–water partition coefficient (Wildman–Crippen LogP) is 3.31. The number of halogens is 1. The van der Waals surface area contributed by atoms with Gasteiger partial charge in [-0.1, -0.05) is 35.9 Å². The summed E-state index contributed by atoms with van der Waals surface area (Å²) in [4.78, 5) is 20.2. The SMILES string of the molecule is Nc1nccc(-c2ccc(C(=O)NCc3cccc(Cl)c3)cc2)n1. The van der Waals surface area contributed by atoms with Gasteiger partial charge in [0.15, 0.2) is 0 Å². The molecular weight excluding hydrogens is 324 g/mol. The van der Waals surface area contributed by atoms with Crippen LogP contribution < -0.4 is 11.1 Å². The average molecular weight is 339 g/mol. The standard InChI is InChI=1S/C18H15ClN4O/c19-15-3-1-2-12(10-15)11-22-17(24)14-6-4-13(5-7-14)16-8-9-21-18(20)23-16/h1-10H,11H2,(H,22,24)(H2,20,21,23). The second-order valence-electron chi connectivity index (χ2n) is 5.19. The predicted molar refractivity (Wildman–Crippen MR) is 94.5 cm³/mol. The Morgan fingerprint density at radius 2 is 1.92 bits per heavy atom. The summed E-state index contributed by atoms with van der Waals surface area (Å²) in [6.45, 7) is 0.420. The molecule has 0 saturated heterocycles. The number of hydrogen-bond acceptors (Lipinski definition) is 4. The maximum Gasteiger partial charge on any atom is 0.251 e. The summed E-state index contributed by atoms with van der Waals surface area (Å²) >= 11 is 5.93. The molecule has 0 aliphatic rings. The fraction of sp³-hybridized carbons (Fsp3) is 0.0556. The summed E-state index contributed by atoms with van der Waals surface area (Å²) < 4.78 is 0. The van der Waals surface area contributed by atoms with Crippen molar-refractivity contribution in [3.8, 4) is 11.3 Å². The van der Waals surface area contributed by atoms with Crippen molar-refractivity contribution in [1.82, 2.24) is 15.3 Å². The minimum absolute atomic E-state index is 0.149. The average Bonchev–Trinajstić information content (AvgIpc) is 2.60. The van der Waals surface area contributed by atoms with Gasteiger partial charge in [0.05, 0.1) is 5.69 Å². The first-order chi connectivity index (χ1) is 11.6. The Hall–Kier alpha value is -2.92. The summed E-state index contributed by atoms with van der Waals surface area (Å²) in [7, 11) is 0. The van der Waals surface area contributed by atoms with Crippen LogP contribution in [0.15, 0.2) is 60.8 Å². The molecule has 3 N–H and O–H groups in total. The minimum atomic E-state index is -0.149. The van der Waals surface area contributed by atoms with Crippen LogP contribution >= 0.6 is 11.6 Å². The third-order valence-electron chi connectivity index (χ3n) is 3.46. The van der Waals surface area contributed by atoms with Gasteiger partial charge in [-0.3, -0.25) is 4.79 Å². The summed E-state index contributed by atoms with van der Waals surface area (Å²) in [5.74, 6) is 0.0690. The zero-order chi connectivity index (χ0) is 16.9. The molecule has 3 rings (SSSR count). The molecule has 0 unspecified atom stereocenters. The van der Waals surface area contributed by atoms with Gasteiger partial charge in [-0.25, -0.2) is 9.97 Å². The van der Waals surface area contributed by atoms with Gasteiger partial charge in [-0.15, -0.1) is 0 Å². The highest BCUT2D eigenvalue weighted by atomic mass is 35.5. The van der Waals surface area contributed by atoms with Gasteiger partial charge in [0.1, 0.15) is 0 Å². The number of carbonyl (C=O) groups excluding carboxylic acids is 1. The van der Waals surface area contributed by atoms with E-state index in [2.05, 4.69) is 15.3 Å². The number of hydrogen-bond donors (Lipinski definition) is 2. The Morgan fingerprint density at radius 3 is 2.62 bits per heavy atom. The molecule has 1 amide bonds. The van der Waals surface area contributed by atoms with Crippen LogP contribution in [0, 0.1) is 0 Å². The first kappa shape index (κ1) is 16.0. The molecule has 6 heteroatoms. The zero-order valence-electron chi connectivity index (χ0n) is 12.7. The number of rotatable bonds is 4. The number of nitrogens with two attached hydrogens (primary N) is 1. The van der Waals surface area contributed by atoms with Crippen LogP contribution in [-0.2, 0) is 6.54 Å². The number of amides is 1. The number of aromatic nitrogens is 2. The quantitative estimate of drug-likeness (QED) is 0.764. The van der Waals surface area contributed by atoms with E-state index >= 15 is 0 Å². The third kappa shape index (κ3) is 3.88. The molecule has 0 saturated carbocycles. The topological polar surface area (TPSA) is 80.9 Å². The van der Waals surface area contributed by atoms with Gasteiger partial charge in [-0.2, -0.15) is 0 Å². The Bertz CT molecular complexity index is 865. The maximum atomic E-state index is 12.2. The lowest BCUT2D eigenvalue weighted by atomic mass is 10.1. The number of nitrogen functional groups attached to an aromatic ring is 1. The highest BCUT2D eigenvalue weighted by molar-refractivity contribution is 6.30. The zero-order valence-corrected chi connectivity index (χ0v) is 13.5. The monoisotopic (exact) mass is 338 g/mol. The number of benzene rings is 2. The molecular formula is C18H15ClN4O. The van der Waals surface area contributed by atoms with Gasteiger partial charge in [0, 0.05) is 28.9 Å². The van der Waals surface area contributed by atoms with Gasteiger partial charge < -0.3 is 11.1 Å². The summed E-state index contributed by atoms with van der Waals surface area (Å²) in [5, 5.41) is 3.52. The van der Waals surface area contributed by atoms with Gasteiger partial charge in [0.2, 0.25) is 5.95 Å². The van der Waals surface area contributed by atoms with Crippen molar-refractivity contribution in [2.24, 2.45) is 0 Å². The van der Waals surface area contributed by atoms with E-state index in [1.807, 2.05) is 30.3 Å². The number of carbonyl (C=O) groups is 1. The van der Waals surface area contributed by atoms with Crippen molar-refractivity contribution in [2.45, 2.75) is 6.54 Å². The second kappa shape index (κ2) is 7.10. The van der Waals surface area contributed by atoms with E-state index in [1.165, 1.54) is 0 Å². The fourth-order valence-corrected chi connectivity index (χ4v) is 2.47. The number of anilines is 1. The molecule has 1 heterocycles. The van der Waals surface area contributed by atoms with Crippen LogP contribution in [0.2, 0.25) is 5.02 Å². The smallest absolute Gasteiger partial charge is 0.251 e. The molecule has 0 aliphatic heterocycles. The lowest BCUT2D eigenvalue weighted by Gasteiger charge is -2.07. The lowest BCUT2D eigenvalue weighted by Crippen LogP contribution is -2.22. The molecule has 1 aromatic heterocycles. The van der Waals surface area contributed by atoms with Gasteiger partial charge in [0.25, 0.3) is 5.91 Å². The van der Waals surface area contributed by atoms with E-state index in [9.17, 15) is 4.79 Å². The molecule has 0 fully saturated rings. The van der Waals surface area contributed by atoms with Crippen LogP contribution in [0.3, 0.4) is 0 Å². The summed E-state index contributed by atoms with van der Waals surface area (Å²) in [6, 6.07) is 16.3. The van der Waals surface area contributed by atoms with Gasteiger partial charge in [-0.05, 0) is 35.9 Å². The van der Waals surface area contributed by atoms with Crippen molar-refractivity contribution in [2.75, 3.05) is 5.73 Å². The number of nitrogens with zero attached hydrogens (tertiary/aromatic N) is 2. The molecule has 24 heavy (non-hydrogen) atoms. The van der Waals surface area contributed by atoms with E-state index < -0.39 is 0 Å². The van der Waals surface area contributed by atoms with Crippen molar-refractivity contribution in [1.29, 1.82) is 0 Å². The van der Waals surface area contributed by atoms with E-state index in [1.54, 1.807) is 30.5 Å². The van der Waals surface area contributed by atoms with Crippen molar-refractivity contribution in [3.05, 3.63) is 76.9 Å². The summed E-state index contributed by atoms with van der Waals surface area (Å²) in [5.41, 5.74) is 8.69. The number of nitrogens with one attached hydrogen (secondary N) is 1. The maximum absolute atomic E-state index is 12.2. The van der Waals surface area contributed by atoms with E-state index in [0.717, 1.165) is 11.1 Å². The van der Waals surface area contributed by atoms with Crippen molar-refractivity contribution in [3.63, 3.8) is 0 Å². The van der Waals surface area contributed by atoms with Crippen LogP contribution in [-0.4, -0.2) is 15.9 Å². The molecule has 2 aromatic carbocycles. The van der Waals surface area contributed by atoms with Crippen LogP contribution in [0.4, 0.5) is 5.95 Å². The Kier molecular flexibility index (Phi) is 4.72. The highest BCUT2D eigenvalue weighted by Crippen LogP contribution is 2.18.